The Kier molecular flexibility index (Phi) is 4.38. The van der Waals surface area contributed by atoms with Gasteiger partial charge in [0.15, 0.2) is 0 Å². The van der Waals surface area contributed by atoms with E-state index in [1.165, 1.54) is 12.3 Å². The highest BCUT2D eigenvalue weighted by Gasteiger charge is 2.22. The van der Waals surface area contributed by atoms with Crippen LogP contribution in [-0.2, 0) is 11.4 Å². The summed E-state index contributed by atoms with van der Waals surface area (Å²) in [6.07, 6.45) is -2.18. The number of aliphatic hydroxyl groups is 3. The molecule has 0 aliphatic carbocycles. The molecular weight excluding hydrogens is 228 g/mol. The molecule has 7 nitrogen and oxygen atoms in total. The number of aliphatic carboxylic acids is 1. The van der Waals surface area contributed by atoms with Crippen molar-refractivity contribution in [1.29, 1.82) is 0 Å². The SMILES string of the molecule is Nc1ncc(C(O)C(O)CC(=O)O)cc1CO. The Hall–Kier alpha value is -1.70. The lowest BCUT2D eigenvalue weighted by molar-refractivity contribution is -0.141. The molecule has 17 heavy (non-hydrogen) atoms. The van der Waals surface area contributed by atoms with Gasteiger partial charge in [0.2, 0.25) is 0 Å². The first-order valence-electron chi connectivity index (χ1n) is 4.88. The predicted molar refractivity (Wildman–Crippen MR) is 57.8 cm³/mol. The number of aliphatic hydroxyl groups excluding tert-OH is 3. The van der Waals surface area contributed by atoms with Crippen LogP contribution in [0.25, 0.3) is 0 Å². The lowest BCUT2D eigenvalue weighted by Gasteiger charge is -2.17. The standard InChI is InChI=1S/C10H14N2O5/c11-10-6(4-13)1-5(3-12-10)9(17)7(14)2-8(15)16/h1,3,7,9,13-14,17H,2,4H2,(H2,11,12)(H,15,16). The number of nitrogen functional groups attached to an aromatic ring is 1. The van der Waals surface area contributed by atoms with Crippen LogP contribution in [0.1, 0.15) is 23.7 Å². The van der Waals surface area contributed by atoms with E-state index in [0.29, 0.717) is 5.56 Å². The van der Waals surface area contributed by atoms with E-state index in [-0.39, 0.29) is 18.0 Å². The monoisotopic (exact) mass is 242 g/mol. The van der Waals surface area contributed by atoms with Crippen molar-refractivity contribution in [3.8, 4) is 0 Å². The maximum absolute atomic E-state index is 10.4. The second kappa shape index (κ2) is 5.58. The number of pyridine rings is 1. The van der Waals surface area contributed by atoms with Crippen LogP contribution in [0.5, 0.6) is 0 Å². The third-order valence-corrected chi connectivity index (χ3v) is 2.28. The molecule has 0 amide bonds. The first kappa shape index (κ1) is 13.4. The zero-order valence-electron chi connectivity index (χ0n) is 8.95. The average Bonchev–Trinajstić information content (AvgIpc) is 2.27. The minimum atomic E-state index is -1.44. The molecule has 1 aromatic rings. The molecule has 0 aliphatic heterocycles. The minimum Gasteiger partial charge on any atom is -0.481 e. The molecule has 0 aromatic carbocycles. The number of rotatable bonds is 5. The number of nitrogens with two attached hydrogens (primary N) is 1. The molecule has 0 bridgehead atoms. The van der Waals surface area contributed by atoms with Crippen molar-refractivity contribution in [3.05, 3.63) is 23.4 Å². The molecule has 0 radical (unpaired) electrons. The first-order valence-corrected chi connectivity index (χ1v) is 4.88. The number of carbonyl (C=O) groups is 1. The molecule has 7 heteroatoms. The number of carboxylic acid groups (broad SMARTS) is 1. The van der Waals surface area contributed by atoms with E-state index in [2.05, 4.69) is 4.98 Å². The second-order valence-electron chi connectivity index (χ2n) is 3.58. The van der Waals surface area contributed by atoms with Gasteiger partial charge in [-0.1, -0.05) is 0 Å². The number of hydrogen-bond donors (Lipinski definition) is 5. The van der Waals surface area contributed by atoms with Crippen LogP contribution in [0.3, 0.4) is 0 Å². The van der Waals surface area contributed by atoms with Crippen LogP contribution < -0.4 is 5.73 Å². The maximum Gasteiger partial charge on any atom is 0.306 e. The molecule has 6 N–H and O–H groups in total. The Bertz CT molecular complexity index is 410. The third kappa shape index (κ3) is 3.38. The summed E-state index contributed by atoms with van der Waals surface area (Å²) in [5.41, 5.74) is 5.96. The van der Waals surface area contributed by atoms with Crippen molar-refractivity contribution in [2.24, 2.45) is 0 Å². The molecule has 0 spiro atoms. The summed E-state index contributed by atoms with van der Waals surface area (Å²) in [6, 6.07) is 1.37. The summed E-state index contributed by atoms with van der Waals surface area (Å²) in [5.74, 6) is -1.10. The fraction of sp³-hybridized carbons (Fsp3) is 0.400. The minimum absolute atomic E-state index is 0.121. The van der Waals surface area contributed by atoms with Gasteiger partial charge in [-0.2, -0.15) is 0 Å². The maximum atomic E-state index is 10.4. The van der Waals surface area contributed by atoms with Gasteiger partial charge in [-0.15, -0.1) is 0 Å². The summed E-state index contributed by atoms with van der Waals surface area (Å²) in [5, 5.41) is 36.5. The van der Waals surface area contributed by atoms with Crippen molar-refractivity contribution in [2.45, 2.75) is 25.2 Å². The molecule has 0 saturated carbocycles. The first-order chi connectivity index (χ1) is 7.95. The van der Waals surface area contributed by atoms with Crippen molar-refractivity contribution in [3.63, 3.8) is 0 Å². The number of anilines is 1. The number of hydrogen-bond acceptors (Lipinski definition) is 6. The Balaban J connectivity index is 2.88. The predicted octanol–water partition coefficient (Wildman–Crippen LogP) is -0.975. The van der Waals surface area contributed by atoms with E-state index >= 15 is 0 Å². The fourth-order valence-corrected chi connectivity index (χ4v) is 1.34. The lowest BCUT2D eigenvalue weighted by atomic mass is 10.0. The van der Waals surface area contributed by atoms with Crippen LogP contribution in [0.4, 0.5) is 5.82 Å². The van der Waals surface area contributed by atoms with Gasteiger partial charge in [-0.25, -0.2) is 4.98 Å². The van der Waals surface area contributed by atoms with Gasteiger partial charge in [0.05, 0.1) is 19.1 Å². The van der Waals surface area contributed by atoms with Gasteiger partial charge in [-0.3, -0.25) is 4.79 Å². The molecule has 2 atom stereocenters. The number of carboxylic acids is 1. The normalized spacial score (nSPS) is 14.3. The van der Waals surface area contributed by atoms with Crippen molar-refractivity contribution < 1.29 is 25.2 Å². The molecule has 0 saturated heterocycles. The molecule has 0 aliphatic rings. The van der Waals surface area contributed by atoms with Crippen molar-refractivity contribution >= 4 is 11.8 Å². The van der Waals surface area contributed by atoms with E-state index in [1.807, 2.05) is 0 Å². The zero-order chi connectivity index (χ0) is 13.0. The summed E-state index contributed by atoms with van der Waals surface area (Å²) in [4.78, 5) is 14.1. The molecule has 1 heterocycles. The van der Waals surface area contributed by atoms with E-state index in [9.17, 15) is 15.0 Å². The zero-order valence-corrected chi connectivity index (χ0v) is 8.95. The van der Waals surface area contributed by atoms with Crippen molar-refractivity contribution in [1.82, 2.24) is 4.98 Å². The molecule has 1 rings (SSSR count). The highest BCUT2D eigenvalue weighted by atomic mass is 16.4. The van der Waals surface area contributed by atoms with Gasteiger partial charge in [0.1, 0.15) is 11.9 Å². The van der Waals surface area contributed by atoms with Crippen LogP contribution in [-0.4, -0.2) is 37.5 Å². The van der Waals surface area contributed by atoms with Gasteiger partial charge < -0.3 is 26.2 Å². The highest BCUT2D eigenvalue weighted by molar-refractivity contribution is 5.67. The molecular formula is C10H14N2O5. The quantitative estimate of drug-likeness (QED) is 0.447. The summed E-state index contributed by atoms with van der Waals surface area (Å²) in [7, 11) is 0. The van der Waals surface area contributed by atoms with E-state index in [4.69, 9.17) is 15.9 Å². The number of aromatic nitrogens is 1. The van der Waals surface area contributed by atoms with Crippen LogP contribution in [0, 0.1) is 0 Å². The summed E-state index contributed by atoms with van der Waals surface area (Å²) >= 11 is 0. The van der Waals surface area contributed by atoms with Gasteiger partial charge >= 0.3 is 5.97 Å². The molecule has 94 valence electrons. The van der Waals surface area contributed by atoms with Crippen LogP contribution >= 0.6 is 0 Å². The smallest absolute Gasteiger partial charge is 0.306 e. The second-order valence-corrected chi connectivity index (χ2v) is 3.58. The fourth-order valence-electron chi connectivity index (χ4n) is 1.34. The Morgan fingerprint density at radius 1 is 1.47 bits per heavy atom. The van der Waals surface area contributed by atoms with E-state index < -0.39 is 24.6 Å². The highest BCUT2D eigenvalue weighted by Crippen LogP contribution is 2.21. The van der Waals surface area contributed by atoms with Gasteiger partial charge in [-0.05, 0) is 6.07 Å². The molecule has 1 aromatic heterocycles. The van der Waals surface area contributed by atoms with E-state index in [1.54, 1.807) is 0 Å². The Morgan fingerprint density at radius 3 is 2.65 bits per heavy atom. The van der Waals surface area contributed by atoms with Gasteiger partial charge in [0.25, 0.3) is 0 Å². The Morgan fingerprint density at radius 2 is 2.12 bits per heavy atom. The lowest BCUT2D eigenvalue weighted by Crippen LogP contribution is -2.22. The third-order valence-electron chi connectivity index (χ3n) is 2.28. The summed E-state index contributed by atoms with van der Waals surface area (Å²) in [6.45, 7) is -0.353. The Labute approximate surface area is 97.2 Å². The van der Waals surface area contributed by atoms with E-state index in [0.717, 1.165) is 0 Å². The number of nitrogens with zero attached hydrogens (tertiary/aromatic N) is 1. The largest absolute Gasteiger partial charge is 0.481 e. The topological polar surface area (TPSA) is 137 Å². The molecule has 2 unspecified atom stereocenters. The average molecular weight is 242 g/mol. The van der Waals surface area contributed by atoms with Crippen LogP contribution in [0.2, 0.25) is 0 Å². The van der Waals surface area contributed by atoms with Crippen molar-refractivity contribution in [2.75, 3.05) is 5.73 Å². The summed E-state index contributed by atoms with van der Waals surface area (Å²) < 4.78 is 0. The van der Waals surface area contributed by atoms with Gasteiger partial charge in [0, 0.05) is 17.3 Å². The van der Waals surface area contributed by atoms with Crippen LogP contribution in [0.15, 0.2) is 12.3 Å². The molecule has 0 fully saturated rings.